The van der Waals surface area contributed by atoms with Crippen molar-refractivity contribution < 1.29 is 9.13 Å². The van der Waals surface area contributed by atoms with Crippen LogP contribution in [0.4, 0.5) is 10.2 Å². The SMILES string of the molecule is COCC(C)N(C)c1cccc(F)n1. The maximum Gasteiger partial charge on any atom is 0.214 e. The Kier molecular flexibility index (Phi) is 3.83. The first-order valence-electron chi connectivity index (χ1n) is 4.49. The Hall–Kier alpha value is -1.16. The number of halogens is 1. The molecular weight excluding hydrogens is 183 g/mol. The van der Waals surface area contributed by atoms with Gasteiger partial charge < -0.3 is 9.64 Å². The van der Waals surface area contributed by atoms with E-state index >= 15 is 0 Å². The molecule has 0 aliphatic rings. The van der Waals surface area contributed by atoms with E-state index in [1.807, 2.05) is 18.9 Å². The molecule has 4 heteroatoms. The van der Waals surface area contributed by atoms with E-state index in [1.54, 1.807) is 19.2 Å². The monoisotopic (exact) mass is 198 g/mol. The molecule has 1 aromatic heterocycles. The molecule has 1 heterocycles. The summed E-state index contributed by atoms with van der Waals surface area (Å²) in [4.78, 5) is 5.66. The molecular formula is C10H15FN2O. The first-order valence-corrected chi connectivity index (χ1v) is 4.49. The van der Waals surface area contributed by atoms with Gasteiger partial charge in [0.25, 0.3) is 0 Å². The zero-order valence-electron chi connectivity index (χ0n) is 8.70. The molecule has 0 spiro atoms. The summed E-state index contributed by atoms with van der Waals surface area (Å²) in [5.74, 6) is 0.161. The molecule has 0 bridgehead atoms. The molecule has 0 amide bonds. The van der Waals surface area contributed by atoms with Crippen LogP contribution in [0.25, 0.3) is 0 Å². The fraction of sp³-hybridized carbons (Fsp3) is 0.500. The molecule has 0 fully saturated rings. The highest BCUT2D eigenvalue weighted by molar-refractivity contribution is 5.37. The van der Waals surface area contributed by atoms with Gasteiger partial charge in [-0.25, -0.2) is 4.98 Å². The van der Waals surface area contributed by atoms with Crippen LogP contribution in [0.5, 0.6) is 0 Å². The van der Waals surface area contributed by atoms with E-state index in [0.29, 0.717) is 12.4 Å². The first-order chi connectivity index (χ1) is 6.65. The molecule has 0 saturated heterocycles. The highest BCUT2D eigenvalue weighted by atomic mass is 19.1. The van der Waals surface area contributed by atoms with Gasteiger partial charge in [-0.1, -0.05) is 6.07 Å². The molecule has 0 aromatic carbocycles. The van der Waals surface area contributed by atoms with E-state index in [2.05, 4.69) is 4.98 Å². The minimum Gasteiger partial charge on any atom is -0.383 e. The summed E-state index contributed by atoms with van der Waals surface area (Å²) in [6, 6.07) is 4.93. The van der Waals surface area contributed by atoms with E-state index in [1.165, 1.54) is 6.07 Å². The number of anilines is 1. The van der Waals surface area contributed by atoms with Crippen molar-refractivity contribution in [2.45, 2.75) is 13.0 Å². The third kappa shape index (κ3) is 2.67. The number of rotatable bonds is 4. The predicted molar refractivity (Wildman–Crippen MR) is 53.9 cm³/mol. The highest BCUT2D eigenvalue weighted by Gasteiger charge is 2.10. The number of pyridine rings is 1. The molecule has 0 saturated carbocycles. The first kappa shape index (κ1) is 10.9. The van der Waals surface area contributed by atoms with Crippen molar-refractivity contribution in [2.75, 3.05) is 25.7 Å². The Morgan fingerprint density at radius 3 is 2.86 bits per heavy atom. The van der Waals surface area contributed by atoms with Crippen LogP contribution in [-0.4, -0.2) is 31.8 Å². The third-order valence-electron chi connectivity index (χ3n) is 2.13. The number of hydrogen-bond donors (Lipinski definition) is 0. The zero-order chi connectivity index (χ0) is 10.6. The van der Waals surface area contributed by atoms with Crippen LogP contribution in [0.2, 0.25) is 0 Å². The number of nitrogens with zero attached hydrogens (tertiary/aromatic N) is 2. The van der Waals surface area contributed by atoms with Gasteiger partial charge in [0.15, 0.2) is 0 Å². The second-order valence-corrected chi connectivity index (χ2v) is 3.23. The van der Waals surface area contributed by atoms with E-state index in [-0.39, 0.29) is 6.04 Å². The van der Waals surface area contributed by atoms with Gasteiger partial charge in [-0.2, -0.15) is 4.39 Å². The number of hydrogen-bond acceptors (Lipinski definition) is 3. The Morgan fingerprint density at radius 1 is 1.57 bits per heavy atom. The van der Waals surface area contributed by atoms with E-state index in [0.717, 1.165) is 0 Å². The minimum atomic E-state index is -0.459. The number of likely N-dealkylation sites (N-methyl/N-ethyl adjacent to an activating group) is 1. The summed E-state index contributed by atoms with van der Waals surface area (Å²) in [7, 11) is 3.51. The Bertz CT molecular complexity index is 293. The van der Waals surface area contributed by atoms with Crippen LogP contribution in [0.15, 0.2) is 18.2 Å². The molecule has 0 radical (unpaired) electrons. The van der Waals surface area contributed by atoms with E-state index < -0.39 is 5.95 Å². The maximum atomic E-state index is 12.8. The fourth-order valence-corrected chi connectivity index (χ4v) is 1.17. The molecule has 1 rings (SSSR count). The lowest BCUT2D eigenvalue weighted by atomic mass is 10.3. The van der Waals surface area contributed by atoms with Crippen LogP contribution >= 0.6 is 0 Å². The van der Waals surface area contributed by atoms with Gasteiger partial charge >= 0.3 is 0 Å². The lowest BCUT2D eigenvalue weighted by molar-refractivity contribution is 0.183. The Balaban J connectivity index is 2.73. The standard InChI is InChI=1S/C10H15FN2O/c1-8(7-14-3)13(2)10-6-4-5-9(11)12-10/h4-6,8H,7H2,1-3H3. The van der Waals surface area contributed by atoms with Crippen molar-refractivity contribution in [2.24, 2.45) is 0 Å². The van der Waals surface area contributed by atoms with Gasteiger partial charge in [0.2, 0.25) is 5.95 Å². The summed E-state index contributed by atoms with van der Waals surface area (Å²) in [5.41, 5.74) is 0. The smallest absolute Gasteiger partial charge is 0.214 e. The van der Waals surface area contributed by atoms with Crippen molar-refractivity contribution in [1.82, 2.24) is 4.98 Å². The summed E-state index contributed by atoms with van der Waals surface area (Å²) in [6.07, 6.45) is 0. The number of ether oxygens (including phenoxy) is 1. The van der Waals surface area contributed by atoms with Crippen molar-refractivity contribution in [3.63, 3.8) is 0 Å². The van der Waals surface area contributed by atoms with Gasteiger partial charge in [-0.15, -0.1) is 0 Å². The normalized spacial score (nSPS) is 12.6. The minimum absolute atomic E-state index is 0.175. The van der Waals surface area contributed by atoms with Gasteiger partial charge in [0, 0.05) is 14.2 Å². The largest absolute Gasteiger partial charge is 0.383 e. The lowest BCUT2D eigenvalue weighted by Gasteiger charge is -2.25. The van der Waals surface area contributed by atoms with Crippen LogP contribution in [0.1, 0.15) is 6.92 Å². The summed E-state index contributed by atoms with van der Waals surface area (Å²) in [6.45, 7) is 2.59. The number of aromatic nitrogens is 1. The van der Waals surface area contributed by atoms with Crippen LogP contribution < -0.4 is 4.90 Å². The van der Waals surface area contributed by atoms with Crippen LogP contribution in [-0.2, 0) is 4.74 Å². The van der Waals surface area contributed by atoms with Gasteiger partial charge in [0.1, 0.15) is 5.82 Å². The summed E-state index contributed by atoms with van der Waals surface area (Å²) >= 11 is 0. The Labute approximate surface area is 83.5 Å². The third-order valence-corrected chi connectivity index (χ3v) is 2.13. The quantitative estimate of drug-likeness (QED) is 0.688. The molecule has 3 nitrogen and oxygen atoms in total. The van der Waals surface area contributed by atoms with Crippen molar-refractivity contribution >= 4 is 5.82 Å². The van der Waals surface area contributed by atoms with Gasteiger partial charge in [-0.05, 0) is 19.1 Å². The second kappa shape index (κ2) is 4.91. The average molecular weight is 198 g/mol. The molecule has 1 unspecified atom stereocenters. The van der Waals surface area contributed by atoms with Gasteiger partial charge in [0.05, 0.1) is 12.6 Å². The van der Waals surface area contributed by atoms with Crippen LogP contribution in [0.3, 0.4) is 0 Å². The second-order valence-electron chi connectivity index (χ2n) is 3.23. The molecule has 0 aliphatic carbocycles. The highest BCUT2D eigenvalue weighted by Crippen LogP contribution is 2.11. The predicted octanol–water partition coefficient (Wildman–Crippen LogP) is 1.69. The summed E-state index contributed by atoms with van der Waals surface area (Å²) in [5, 5.41) is 0. The van der Waals surface area contributed by atoms with E-state index in [4.69, 9.17) is 4.74 Å². The molecule has 78 valence electrons. The molecule has 1 atom stereocenters. The van der Waals surface area contributed by atoms with Crippen LogP contribution in [0, 0.1) is 5.95 Å². The van der Waals surface area contributed by atoms with Crippen molar-refractivity contribution in [1.29, 1.82) is 0 Å². The average Bonchev–Trinajstić information content (AvgIpc) is 2.17. The molecule has 0 aliphatic heterocycles. The molecule has 14 heavy (non-hydrogen) atoms. The fourth-order valence-electron chi connectivity index (χ4n) is 1.17. The van der Waals surface area contributed by atoms with Crippen molar-refractivity contribution in [3.05, 3.63) is 24.1 Å². The van der Waals surface area contributed by atoms with Gasteiger partial charge in [-0.3, -0.25) is 0 Å². The Morgan fingerprint density at radius 2 is 2.29 bits per heavy atom. The topological polar surface area (TPSA) is 25.4 Å². The lowest BCUT2D eigenvalue weighted by Crippen LogP contribution is -2.33. The zero-order valence-corrected chi connectivity index (χ0v) is 8.70. The number of methoxy groups -OCH3 is 1. The molecule has 1 aromatic rings. The summed E-state index contributed by atoms with van der Waals surface area (Å²) < 4.78 is 17.8. The van der Waals surface area contributed by atoms with Crippen molar-refractivity contribution in [3.8, 4) is 0 Å². The molecule has 0 N–H and O–H groups in total. The van der Waals surface area contributed by atoms with E-state index in [9.17, 15) is 4.39 Å². The maximum absolute atomic E-state index is 12.8.